The molecule has 2 aromatic heterocycles. The molecule has 0 fully saturated rings. The summed E-state index contributed by atoms with van der Waals surface area (Å²) in [5, 5.41) is 4.32. The Bertz CT molecular complexity index is 917. The van der Waals surface area contributed by atoms with Gasteiger partial charge in [0.05, 0.1) is 17.7 Å². The van der Waals surface area contributed by atoms with Crippen LogP contribution in [0, 0.1) is 5.82 Å². The molecule has 3 rings (SSSR count). The first-order chi connectivity index (χ1) is 10.9. The van der Waals surface area contributed by atoms with Crippen LogP contribution >= 0.6 is 0 Å². The second kappa shape index (κ2) is 5.96. The molecule has 0 N–H and O–H groups in total. The monoisotopic (exact) mass is 335 g/mol. The zero-order valence-electron chi connectivity index (χ0n) is 12.3. The van der Waals surface area contributed by atoms with Crippen molar-refractivity contribution >= 4 is 9.84 Å². The van der Waals surface area contributed by atoms with E-state index in [0.717, 1.165) is 6.26 Å². The minimum absolute atomic E-state index is 0.0708. The van der Waals surface area contributed by atoms with E-state index in [2.05, 4.69) is 10.1 Å². The van der Waals surface area contributed by atoms with E-state index in [1.165, 1.54) is 23.1 Å². The zero-order chi connectivity index (χ0) is 16.4. The molecule has 2 heterocycles. The Morgan fingerprint density at radius 1 is 1.26 bits per heavy atom. The number of nitrogens with zero attached hydrogens (tertiary/aromatic N) is 3. The van der Waals surface area contributed by atoms with E-state index in [4.69, 9.17) is 4.42 Å². The van der Waals surface area contributed by atoms with Gasteiger partial charge in [-0.2, -0.15) is 0 Å². The molecule has 0 aliphatic rings. The Hall–Kier alpha value is -2.48. The number of benzene rings is 1. The number of halogens is 1. The fourth-order valence-electron chi connectivity index (χ4n) is 2.11. The number of aryl methyl sites for hydroxylation is 1. The van der Waals surface area contributed by atoms with Gasteiger partial charge in [0.25, 0.3) is 0 Å². The van der Waals surface area contributed by atoms with Crippen LogP contribution in [0.25, 0.3) is 17.3 Å². The highest BCUT2D eigenvalue weighted by atomic mass is 32.2. The van der Waals surface area contributed by atoms with Crippen molar-refractivity contribution in [3.05, 3.63) is 54.3 Å². The normalized spacial score (nSPS) is 11.7. The maximum absolute atomic E-state index is 13.5. The predicted octanol–water partition coefficient (Wildman–Crippen LogP) is 2.25. The van der Waals surface area contributed by atoms with Gasteiger partial charge in [-0.3, -0.25) is 0 Å². The first-order valence-corrected chi connectivity index (χ1v) is 8.92. The van der Waals surface area contributed by atoms with Gasteiger partial charge >= 0.3 is 0 Å². The average molecular weight is 335 g/mol. The van der Waals surface area contributed by atoms with Crippen molar-refractivity contribution in [2.75, 3.05) is 12.0 Å². The third-order valence-electron chi connectivity index (χ3n) is 3.16. The Morgan fingerprint density at radius 3 is 2.74 bits per heavy atom. The van der Waals surface area contributed by atoms with Crippen molar-refractivity contribution in [3.63, 3.8) is 0 Å². The van der Waals surface area contributed by atoms with Gasteiger partial charge in [0, 0.05) is 12.7 Å². The first kappa shape index (κ1) is 15.4. The van der Waals surface area contributed by atoms with Crippen LogP contribution in [0.3, 0.4) is 0 Å². The quantitative estimate of drug-likeness (QED) is 0.715. The van der Waals surface area contributed by atoms with Crippen LogP contribution in [0.1, 0.15) is 5.82 Å². The summed E-state index contributed by atoms with van der Waals surface area (Å²) in [6.07, 6.45) is 2.82. The minimum atomic E-state index is -3.15. The van der Waals surface area contributed by atoms with Crippen LogP contribution in [-0.2, 0) is 16.3 Å². The van der Waals surface area contributed by atoms with Gasteiger partial charge < -0.3 is 4.42 Å². The van der Waals surface area contributed by atoms with Gasteiger partial charge in [-0.05, 0) is 30.3 Å². The van der Waals surface area contributed by atoms with E-state index < -0.39 is 15.7 Å². The Morgan fingerprint density at radius 2 is 2.09 bits per heavy atom. The molecule has 0 bridgehead atoms. The van der Waals surface area contributed by atoms with Crippen LogP contribution in [-0.4, -0.2) is 35.2 Å². The lowest BCUT2D eigenvalue weighted by atomic mass is 10.3. The van der Waals surface area contributed by atoms with Crippen LogP contribution < -0.4 is 0 Å². The average Bonchev–Trinajstić information content (AvgIpc) is 3.13. The van der Waals surface area contributed by atoms with Crippen LogP contribution in [0.4, 0.5) is 4.39 Å². The molecule has 0 unspecified atom stereocenters. The number of rotatable bonds is 5. The molecule has 0 saturated heterocycles. The standard InChI is InChI=1S/C15H14FN3O3S/c1-23(20,21)9-7-14-17-15(13-6-3-8-22-13)18-19(14)12-5-2-4-11(16)10-12/h2-6,8,10H,7,9H2,1H3. The number of hydrogen-bond acceptors (Lipinski definition) is 5. The Labute approximate surface area is 132 Å². The molecule has 0 amide bonds. The molecule has 0 radical (unpaired) electrons. The summed E-state index contributed by atoms with van der Waals surface area (Å²) >= 11 is 0. The lowest BCUT2D eigenvalue weighted by molar-refractivity contribution is 0.577. The van der Waals surface area contributed by atoms with Crippen molar-refractivity contribution in [2.24, 2.45) is 0 Å². The van der Waals surface area contributed by atoms with Crippen molar-refractivity contribution in [3.8, 4) is 17.3 Å². The van der Waals surface area contributed by atoms with Gasteiger partial charge in [-0.25, -0.2) is 22.5 Å². The maximum Gasteiger partial charge on any atom is 0.217 e. The molecule has 0 aliphatic carbocycles. The summed E-state index contributed by atoms with van der Waals surface area (Å²) in [5.74, 6) is 0.723. The molecule has 8 heteroatoms. The molecule has 0 spiro atoms. The van der Waals surface area contributed by atoms with Crippen molar-refractivity contribution in [1.82, 2.24) is 14.8 Å². The maximum atomic E-state index is 13.5. The number of sulfone groups is 1. The van der Waals surface area contributed by atoms with Gasteiger partial charge in [0.1, 0.15) is 21.5 Å². The fraction of sp³-hybridized carbons (Fsp3) is 0.200. The highest BCUT2D eigenvalue weighted by Crippen LogP contribution is 2.19. The van der Waals surface area contributed by atoms with Crippen LogP contribution in [0.15, 0.2) is 47.1 Å². The second-order valence-electron chi connectivity index (χ2n) is 5.10. The van der Waals surface area contributed by atoms with Gasteiger partial charge in [-0.1, -0.05) is 6.07 Å². The predicted molar refractivity (Wildman–Crippen MR) is 82.4 cm³/mol. The number of furan rings is 1. The summed E-state index contributed by atoms with van der Waals surface area (Å²) in [7, 11) is -3.15. The summed E-state index contributed by atoms with van der Waals surface area (Å²) in [4.78, 5) is 4.33. The van der Waals surface area contributed by atoms with E-state index in [-0.39, 0.29) is 12.2 Å². The van der Waals surface area contributed by atoms with Crippen molar-refractivity contribution < 1.29 is 17.2 Å². The van der Waals surface area contributed by atoms with Gasteiger partial charge in [0.15, 0.2) is 5.76 Å². The van der Waals surface area contributed by atoms with Crippen molar-refractivity contribution in [2.45, 2.75) is 6.42 Å². The topological polar surface area (TPSA) is 78.0 Å². The molecule has 3 aromatic rings. The number of hydrogen-bond donors (Lipinski definition) is 0. The van der Waals surface area contributed by atoms with E-state index in [0.29, 0.717) is 23.1 Å². The van der Waals surface area contributed by atoms with Crippen LogP contribution in [0.2, 0.25) is 0 Å². The lowest BCUT2D eigenvalue weighted by Crippen LogP contribution is -2.11. The molecule has 0 saturated carbocycles. The Kier molecular flexibility index (Phi) is 3.99. The smallest absolute Gasteiger partial charge is 0.217 e. The molecular weight excluding hydrogens is 321 g/mol. The molecule has 0 atom stereocenters. The fourth-order valence-corrected chi connectivity index (χ4v) is 2.66. The summed E-state index contributed by atoms with van der Waals surface area (Å²) in [6, 6.07) is 9.27. The highest BCUT2D eigenvalue weighted by Gasteiger charge is 2.16. The molecular formula is C15H14FN3O3S. The molecule has 0 aliphatic heterocycles. The Balaban J connectivity index is 2.05. The third kappa shape index (κ3) is 3.65. The zero-order valence-corrected chi connectivity index (χ0v) is 13.1. The van der Waals surface area contributed by atoms with Crippen molar-refractivity contribution in [1.29, 1.82) is 0 Å². The molecule has 120 valence electrons. The minimum Gasteiger partial charge on any atom is -0.461 e. The van der Waals surface area contributed by atoms with E-state index in [1.54, 1.807) is 24.3 Å². The lowest BCUT2D eigenvalue weighted by Gasteiger charge is -2.05. The molecule has 1 aromatic carbocycles. The van der Waals surface area contributed by atoms with Crippen LogP contribution in [0.5, 0.6) is 0 Å². The summed E-state index contributed by atoms with van der Waals surface area (Å²) in [5.41, 5.74) is 0.471. The second-order valence-corrected chi connectivity index (χ2v) is 7.36. The SMILES string of the molecule is CS(=O)(=O)CCc1nc(-c2ccco2)nn1-c1cccc(F)c1. The molecule has 6 nitrogen and oxygen atoms in total. The van der Waals surface area contributed by atoms with E-state index in [9.17, 15) is 12.8 Å². The van der Waals surface area contributed by atoms with Gasteiger partial charge in [0.2, 0.25) is 5.82 Å². The van der Waals surface area contributed by atoms with E-state index >= 15 is 0 Å². The number of aromatic nitrogens is 3. The summed E-state index contributed by atoms with van der Waals surface area (Å²) < 4.78 is 43.0. The van der Waals surface area contributed by atoms with Gasteiger partial charge in [-0.15, -0.1) is 5.10 Å². The highest BCUT2D eigenvalue weighted by molar-refractivity contribution is 7.90. The third-order valence-corrected chi connectivity index (χ3v) is 4.11. The summed E-state index contributed by atoms with van der Waals surface area (Å²) in [6.45, 7) is 0. The first-order valence-electron chi connectivity index (χ1n) is 6.86. The molecule has 23 heavy (non-hydrogen) atoms. The van der Waals surface area contributed by atoms with E-state index in [1.807, 2.05) is 0 Å². The largest absolute Gasteiger partial charge is 0.461 e.